The molecule has 2 aromatic rings. The third-order valence-electron chi connectivity index (χ3n) is 3.70. The SMILES string of the molecule is CCN(CCCc1ccc(Cl)c(N)c1)Cc1ccccc1. The van der Waals surface area contributed by atoms with Gasteiger partial charge in [0.2, 0.25) is 0 Å². The number of nitrogens with zero attached hydrogens (tertiary/aromatic N) is 1. The van der Waals surface area contributed by atoms with Gasteiger partial charge in [-0.05, 0) is 49.2 Å². The lowest BCUT2D eigenvalue weighted by Gasteiger charge is -2.20. The first-order valence-corrected chi connectivity index (χ1v) is 7.87. The second-order valence-corrected chi connectivity index (χ2v) is 5.72. The molecule has 21 heavy (non-hydrogen) atoms. The summed E-state index contributed by atoms with van der Waals surface area (Å²) in [6, 6.07) is 16.5. The fraction of sp³-hybridized carbons (Fsp3) is 0.333. The molecule has 0 bridgehead atoms. The fourth-order valence-corrected chi connectivity index (χ4v) is 2.56. The summed E-state index contributed by atoms with van der Waals surface area (Å²) in [6.45, 7) is 5.38. The molecule has 0 aliphatic heterocycles. The minimum absolute atomic E-state index is 0.637. The molecule has 0 saturated heterocycles. The zero-order valence-corrected chi connectivity index (χ0v) is 13.3. The topological polar surface area (TPSA) is 29.3 Å². The molecule has 0 aliphatic carbocycles. The van der Waals surface area contributed by atoms with Crippen molar-refractivity contribution in [1.82, 2.24) is 4.90 Å². The highest BCUT2D eigenvalue weighted by Crippen LogP contribution is 2.20. The predicted molar refractivity (Wildman–Crippen MR) is 91.6 cm³/mol. The minimum atomic E-state index is 0.637. The molecule has 0 spiro atoms. The van der Waals surface area contributed by atoms with E-state index in [1.54, 1.807) is 0 Å². The Labute approximate surface area is 132 Å². The molecular formula is C18H23ClN2. The Morgan fingerprint density at radius 1 is 1.05 bits per heavy atom. The summed E-state index contributed by atoms with van der Waals surface area (Å²) in [5, 5.41) is 0.637. The summed E-state index contributed by atoms with van der Waals surface area (Å²) < 4.78 is 0. The molecule has 0 fully saturated rings. The molecule has 0 radical (unpaired) electrons. The summed E-state index contributed by atoms with van der Waals surface area (Å²) in [7, 11) is 0. The summed E-state index contributed by atoms with van der Waals surface area (Å²) in [5.41, 5.74) is 9.14. The number of nitrogens with two attached hydrogens (primary N) is 1. The molecule has 2 aromatic carbocycles. The highest BCUT2D eigenvalue weighted by Gasteiger charge is 2.04. The second-order valence-electron chi connectivity index (χ2n) is 5.31. The van der Waals surface area contributed by atoms with E-state index in [2.05, 4.69) is 48.2 Å². The summed E-state index contributed by atoms with van der Waals surface area (Å²) >= 11 is 5.94. The van der Waals surface area contributed by atoms with E-state index in [4.69, 9.17) is 17.3 Å². The first kappa shape index (κ1) is 15.9. The van der Waals surface area contributed by atoms with Gasteiger partial charge in [0, 0.05) is 6.54 Å². The van der Waals surface area contributed by atoms with Crippen molar-refractivity contribution in [2.45, 2.75) is 26.3 Å². The van der Waals surface area contributed by atoms with Crippen LogP contribution in [0.2, 0.25) is 5.02 Å². The molecule has 2 N–H and O–H groups in total. The van der Waals surface area contributed by atoms with Crippen molar-refractivity contribution in [3.8, 4) is 0 Å². The molecular weight excluding hydrogens is 280 g/mol. The Morgan fingerprint density at radius 3 is 2.48 bits per heavy atom. The van der Waals surface area contributed by atoms with Crippen LogP contribution >= 0.6 is 11.6 Å². The van der Waals surface area contributed by atoms with Gasteiger partial charge in [-0.15, -0.1) is 0 Å². The lowest BCUT2D eigenvalue weighted by molar-refractivity contribution is 0.276. The number of halogens is 1. The largest absolute Gasteiger partial charge is 0.398 e. The van der Waals surface area contributed by atoms with E-state index < -0.39 is 0 Å². The zero-order valence-electron chi connectivity index (χ0n) is 12.6. The van der Waals surface area contributed by atoms with Crippen LogP contribution in [0.25, 0.3) is 0 Å². The van der Waals surface area contributed by atoms with E-state index in [0.29, 0.717) is 10.7 Å². The van der Waals surface area contributed by atoms with Crippen molar-refractivity contribution < 1.29 is 0 Å². The van der Waals surface area contributed by atoms with Gasteiger partial charge in [0.25, 0.3) is 0 Å². The van der Waals surface area contributed by atoms with Gasteiger partial charge in [-0.3, -0.25) is 4.90 Å². The van der Waals surface area contributed by atoms with Crippen LogP contribution in [0, 0.1) is 0 Å². The Kier molecular flexibility index (Phi) is 6.09. The molecule has 3 heteroatoms. The van der Waals surface area contributed by atoms with Gasteiger partial charge in [-0.25, -0.2) is 0 Å². The highest BCUT2D eigenvalue weighted by atomic mass is 35.5. The van der Waals surface area contributed by atoms with Gasteiger partial charge in [0.15, 0.2) is 0 Å². The maximum absolute atomic E-state index is 5.94. The van der Waals surface area contributed by atoms with Crippen LogP contribution in [0.5, 0.6) is 0 Å². The Morgan fingerprint density at radius 2 is 1.81 bits per heavy atom. The molecule has 0 aromatic heterocycles. The third-order valence-corrected chi connectivity index (χ3v) is 4.04. The Hall–Kier alpha value is -1.51. The van der Waals surface area contributed by atoms with Crippen LogP contribution in [0.3, 0.4) is 0 Å². The molecule has 0 heterocycles. The highest BCUT2D eigenvalue weighted by molar-refractivity contribution is 6.33. The summed E-state index contributed by atoms with van der Waals surface area (Å²) in [5.74, 6) is 0. The first-order valence-electron chi connectivity index (χ1n) is 7.49. The van der Waals surface area contributed by atoms with E-state index in [-0.39, 0.29) is 0 Å². The standard InChI is InChI=1S/C18H23ClN2/c1-2-21(14-16-7-4-3-5-8-16)12-6-9-15-10-11-17(19)18(20)13-15/h3-5,7-8,10-11,13H,2,6,9,12,14,20H2,1H3. The number of benzene rings is 2. The fourth-order valence-electron chi connectivity index (χ4n) is 2.45. The summed E-state index contributed by atoms with van der Waals surface area (Å²) in [6.07, 6.45) is 2.16. The second kappa shape index (κ2) is 8.06. The van der Waals surface area contributed by atoms with Crippen molar-refractivity contribution in [3.63, 3.8) is 0 Å². The van der Waals surface area contributed by atoms with Gasteiger partial charge < -0.3 is 5.73 Å². The van der Waals surface area contributed by atoms with Gasteiger partial charge in [0.05, 0.1) is 10.7 Å². The Bertz CT molecular complexity index is 554. The van der Waals surface area contributed by atoms with Crippen LogP contribution in [0.15, 0.2) is 48.5 Å². The number of rotatable bonds is 7. The van der Waals surface area contributed by atoms with E-state index >= 15 is 0 Å². The van der Waals surface area contributed by atoms with Gasteiger partial charge in [0.1, 0.15) is 0 Å². The smallest absolute Gasteiger partial charge is 0.0635 e. The molecule has 2 rings (SSSR count). The minimum Gasteiger partial charge on any atom is -0.398 e. The van der Waals surface area contributed by atoms with E-state index in [9.17, 15) is 0 Å². The molecule has 0 atom stereocenters. The van der Waals surface area contributed by atoms with E-state index in [1.807, 2.05) is 12.1 Å². The average Bonchev–Trinajstić information content (AvgIpc) is 2.51. The van der Waals surface area contributed by atoms with Gasteiger partial charge in [-0.1, -0.05) is 54.9 Å². The van der Waals surface area contributed by atoms with Crippen molar-refractivity contribution >= 4 is 17.3 Å². The molecule has 0 unspecified atom stereocenters. The number of hydrogen-bond donors (Lipinski definition) is 1. The molecule has 0 saturated carbocycles. The number of nitrogen functional groups attached to an aromatic ring is 1. The van der Waals surface area contributed by atoms with E-state index in [1.165, 1.54) is 11.1 Å². The van der Waals surface area contributed by atoms with Crippen LogP contribution < -0.4 is 5.73 Å². The molecule has 2 nitrogen and oxygen atoms in total. The van der Waals surface area contributed by atoms with Crippen molar-refractivity contribution in [1.29, 1.82) is 0 Å². The average molecular weight is 303 g/mol. The van der Waals surface area contributed by atoms with Crippen LogP contribution in [0.1, 0.15) is 24.5 Å². The Balaban J connectivity index is 1.81. The lowest BCUT2D eigenvalue weighted by Crippen LogP contribution is -2.24. The maximum atomic E-state index is 5.94. The lowest BCUT2D eigenvalue weighted by atomic mass is 10.1. The normalized spacial score (nSPS) is 11.0. The van der Waals surface area contributed by atoms with Gasteiger partial charge in [-0.2, -0.15) is 0 Å². The van der Waals surface area contributed by atoms with Crippen LogP contribution in [0.4, 0.5) is 5.69 Å². The molecule has 112 valence electrons. The van der Waals surface area contributed by atoms with Crippen molar-refractivity contribution in [2.75, 3.05) is 18.8 Å². The van der Waals surface area contributed by atoms with Crippen molar-refractivity contribution in [3.05, 3.63) is 64.7 Å². The van der Waals surface area contributed by atoms with Crippen LogP contribution in [-0.4, -0.2) is 18.0 Å². The number of hydrogen-bond acceptors (Lipinski definition) is 2. The summed E-state index contributed by atoms with van der Waals surface area (Å²) in [4.78, 5) is 2.47. The maximum Gasteiger partial charge on any atom is 0.0635 e. The monoisotopic (exact) mass is 302 g/mol. The third kappa shape index (κ3) is 5.07. The van der Waals surface area contributed by atoms with Crippen LogP contribution in [-0.2, 0) is 13.0 Å². The number of anilines is 1. The van der Waals surface area contributed by atoms with E-state index in [0.717, 1.165) is 32.5 Å². The molecule has 0 aliphatic rings. The molecule has 0 amide bonds. The van der Waals surface area contributed by atoms with Gasteiger partial charge >= 0.3 is 0 Å². The predicted octanol–water partition coefficient (Wildman–Crippen LogP) is 4.38. The zero-order chi connectivity index (χ0) is 15.1. The van der Waals surface area contributed by atoms with Crippen molar-refractivity contribution in [2.24, 2.45) is 0 Å². The number of aryl methyl sites for hydroxylation is 1. The first-order chi connectivity index (χ1) is 10.2. The quantitative estimate of drug-likeness (QED) is 0.769.